The molecule has 2 fully saturated rings. The van der Waals surface area contributed by atoms with Crippen LogP contribution in [0, 0.1) is 0 Å². The van der Waals surface area contributed by atoms with Crippen LogP contribution in [0.4, 0.5) is 0 Å². The minimum Gasteiger partial charge on any atom is -0.460 e. The molecule has 2 aliphatic heterocycles. The number of hydrogen-bond acceptors (Lipinski definition) is 3. The number of fused-ring (bicyclic) bond motifs is 1. The van der Waals surface area contributed by atoms with E-state index in [0.717, 1.165) is 19.4 Å². The highest BCUT2D eigenvalue weighted by Crippen LogP contribution is 2.25. The normalized spacial score (nSPS) is 39.0. The van der Waals surface area contributed by atoms with Crippen molar-refractivity contribution in [2.45, 2.75) is 31.5 Å². The number of esters is 1. The van der Waals surface area contributed by atoms with Gasteiger partial charge in [-0.1, -0.05) is 0 Å². The Labute approximate surface area is 59.3 Å². The molecule has 2 rings (SSSR count). The minimum absolute atomic E-state index is 0.0706. The highest BCUT2D eigenvalue weighted by atomic mass is 16.6. The molecule has 0 amide bonds. The van der Waals surface area contributed by atoms with Gasteiger partial charge >= 0.3 is 5.97 Å². The van der Waals surface area contributed by atoms with Crippen LogP contribution in [0.3, 0.4) is 0 Å². The van der Waals surface area contributed by atoms with Crippen molar-refractivity contribution < 1.29 is 14.3 Å². The van der Waals surface area contributed by atoms with E-state index in [1.807, 2.05) is 0 Å². The van der Waals surface area contributed by atoms with Crippen LogP contribution in [-0.2, 0) is 14.3 Å². The summed E-state index contributed by atoms with van der Waals surface area (Å²) in [6.45, 7) is 0.789. The molecule has 2 atom stereocenters. The number of carbonyl (C=O) groups excluding carboxylic acids is 1. The van der Waals surface area contributed by atoms with Crippen LogP contribution in [0.15, 0.2) is 0 Å². The lowest BCUT2D eigenvalue weighted by Gasteiger charge is -2.22. The molecule has 2 aliphatic rings. The molecule has 2 saturated heterocycles. The zero-order chi connectivity index (χ0) is 6.97. The van der Waals surface area contributed by atoms with Gasteiger partial charge in [-0.2, -0.15) is 0 Å². The number of rotatable bonds is 0. The third kappa shape index (κ3) is 0.904. The Hall–Kier alpha value is -0.570. The topological polar surface area (TPSA) is 35.5 Å². The molecule has 56 valence electrons. The molecule has 2 heterocycles. The number of hydrogen-bond donors (Lipinski definition) is 0. The monoisotopic (exact) mass is 142 g/mol. The minimum atomic E-state index is -0.100. The molecule has 0 N–H and O–H groups in total. The Balaban J connectivity index is 2.04. The second-order valence-corrected chi connectivity index (χ2v) is 2.78. The van der Waals surface area contributed by atoms with Gasteiger partial charge in [0.25, 0.3) is 0 Å². The average Bonchev–Trinajstić information content (AvgIpc) is 2.27. The fraction of sp³-hybridized carbons (Fsp3) is 0.857. The Morgan fingerprint density at radius 2 is 2.30 bits per heavy atom. The summed E-state index contributed by atoms with van der Waals surface area (Å²) in [5.74, 6) is -0.100. The zero-order valence-corrected chi connectivity index (χ0v) is 5.71. The van der Waals surface area contributed by atoms with Crippen LogP contribution in [0.25, 0.3) is 0 Å². The lowest BCUT2D eigenvalue weighted by Crippen LogP contribution is -2.29. The smallest absolute Gasteiger partial charge is 0.308 e. The van der Waals surface area contributed by atoms with Crippen molar-refractivity contribution >= 4 is 5.97 Å². The first kappa shape index (κ1) is 6.16. The Morgan fingerprint density at radius 1 is 1.40 bits per heavy atom. The van der Waals surface area contributed by atoms with Crippen LogP contribution < -0.4 is 0 Å². The molecule has 0 radical (unpaired) electrons. The molecular formula is C7H10O3. The third-order valence-corrected chi connectivity index (χ3v) is 2.03. The van der Waals surface area contributed by atoms with Crippen molar-refractivity contribution in [3.8, 4) is 0 Å². The Bertz CT molecular complexity index is 139. The van der Waals surface area contributed by atoms with E-state index in [9.17, 15) is 4.79 Å². The molecule has 3 nitrogen and oxygen atoms in total. The van der Waals surface area contributed by atoms with Gasteiger partial charge in [0.2, 0.25) is 0 Å². The molecule has 0 aromatic rings. The predicted molar refractivity (Wildman–Crippen MR) is 33.5 cm³/mol. The van der Waals surface area contributed by atoms with Gasteiger partial charge in [0.05, 0.1) is 6.42 Å². The van der Waals surface area contributed by atoms with Crippen molar-refractivity contribution in [3.05, 3.63) is 0 Å². The van der Waals surface area contributed by atoms with E-state index < -0.39 is 0 Å². The summed E-state index contributed by atoms with van der Waals surface area (Å²) in [7, 11) is 0. The van der Waals surface area contributed by atoms with Crippen LogP contribution >= 0.6 is 0 Å². The van der Waals surface area contributed by atoms with Crippen molar-refractivity contribution in [2.24, 2.45) is 0 Å². The van der Waals surface area contributed by atoms with Gasteiger partial charge in [0.15, 0.2) is 0 Å². The van der Waals surface area contributed by atoms with E-state index in [0.29, 0.717) is 6.42 Å². The van der Waals surface area contributed by atoms with Crippen molar-refractivity contribution in [1.29, 1.82) is 0 Å². The highest BCUT2D eigenvalue weighted by molar-refractivity contribution is 5.72. The highest BCUT2D eigenvalue weighted by Gasteiger charge is 2.37. The van der Waals surface area contributed by atoms with Crippen molar-refractivity contribution in [2.75, 3.05) is 6.61 Å². The summed E-state index contributed by atoms with van der Waals surface area (Å²) >= 11 is 0. The lowest BCUT2D eigenvalue weighted by molar-refractivity contribution is -0.143. The van der Waals surface area contributed by atoms with Crippen LogP contribution in [0.1, 0.15) is 19.3 Å². The number of carbonyl (C=O) groups is 1. The lowest BCUT2D eigenvalue weighted by atomic mass is 10.1. The summed E-state index contributed by atoms with van der Waals surface area (Å²) in [5, 5.41) is 0. The maximum atomic E-state index is 10.7. The molecule has 3 heteroatoms. The van der Waals surface area contributed by atoms with Crippen molar-refractivity contribution in [3.63, 3.8) is 0 Å². The van der Waals surface area contributed by atoms with Gasteiger partial charge in [-0.15, -0.1) is 0 Å². The molecule has 0 unspecified atom stereocenters. The standard InChI is InChI=1S/C7H10O3/c8-7-4-6-5(10-7)2-1-3-9-6/h5-6H,1-4H2/t5-,6-/m1/s1. The second-order valence-electron chi connectivity index (χ2n) is 2.78. The van der Waals surface area contributed by atoms with Gasteiger partial charge in [0, 0.05) is 6.61 Å². The van der Waals surface area contributed by atoms with Crippen LogP contribution in [-0.4, -0.2) is 24.8 Å². The van der Waals surface area contributed by atoms with Crippen LogP contribution in [0.2, 0.25) is 0 Å². The van der Waals surface area contributed by atoms with E-state index in [1.165, 1.54) is 0 Å². The molecule has 10 heavy (non-hydrogen) atoms. The Morgan fingerprint density at radius 3 is 3.10 bits per heavy atom. The van der Waals surface area contributed by atoms with Crippen LogP contribution in [0.5, 0.6) is 0 Å². The van der Waals surface area contributed by atoms with E-state index in [2.05, 4.69) is 0 Å². The van der Waals surface area contributed by atoms with Crippen molar-refractivity contribution in [1.82, 2.24) is 0 Å². The summed E-state index contributed by atoms with van der Waals surface area (Å²) < 4.78 is 10.3. The SMILES string of the molecule is O=C1C[C@H]2OCCC[C@H]2O1. The maximum absolute atomic E-state index is 10.7. The molecule has 0 aromatic carbocycles. The first-order chi connectivity index (χ1) is 4.86. The molecular weight excluding hydrogens is 132 g/mol. The summed E-state index contributed by atoms with van der Waals surface area (Å²) in [4.78, 5) is 10.7. The molecule has 0 spiro atoms. The largest absolute Gasteiger partial charge is 0.460 e. The second kappa shape index (κ2) is 2.23. The molecule has 0 aromatic heterocycles. The van der Waals surface area contributed by atoms with Gasteiger partial charge in [-0.05, 0) is 12.8 Å². The number of ether oxygens (including phenoxy) is 2. The fourth-order valence-electron chi connectivity index (χ4n) is 1.52. The summed E-state index contributed by atoms with van der Waals surface area (Å²) in [6, 6.07) is 0. The first-order valence-corrected chi connectivity index (χ1v) is 3.67. The Kier molecular flexibility index (Phi) is 1.38. The predicted octanol–water partition coefficient (Wildman–Crippen LogP) is 0.481. The summed E-state index contributed by atoms with van der Waals surface area (Å²) in [5.41, 5.74) is 0. The van der Waals surface area contributed by atoms with Gasteiger partial charge in [0.1, 0.15) is 12.2 Å². The summed E-state index contributed by atoms with van der Waals surface area (Å²) in [6.07, 6.45) is 2.61. The van der Waals surface area contributed by atoms with E-state index >= 15 is 0 Å². The first-order valence-electron chi connectivity index (χ1n) is 3.67. The quantitative estimate of drug-likeness (QED) is 0.461. The third-order valence-electron chi connectivity index (χ3n) is 2.03. The average molecular weight is 142 g/mol. The van der Waals surface area contributed by atoms with Gasteiger partial charge < -0.3 is 9.47 Å². The van der Waals surface area contributed by atoms with E-state index in [4.69, 9.17) is 9.47 Å². The van der Waals surface area contributed by atoms with Gasteiger partial charge in [-0.3, -0.25) is 4.79 Å². The zero-order valence-electron chi connectivity index (χ0n) is 5.71. The fourth-order valence-corrected chi connectivity index (χ4v) is 1.52. The molecule has 0 bridgehead atoms. The van der Waals surface area contributed by atoms with E-state index in [1.54, 1.807) is 0 Å². The van der Waals surface area contributed by atoms with Gasteiger partial charge in [-0.25, -0.2) is 0 Å². The molecule has 0 aliphatic carbocycles. The molecule has 0 saturated carbocycles. The van der Waals surface area contributed by atoms with E-state index in [-0.39, 0.29) is 18.2 Å². The maximum Gasteiger partial charge on any atom is 0.308 e.